The summed E-state index contributed by atoms with van der Waals surface area (Å²) in [6.07, 6.45) is 2.24. The first kappa shape index (κ1) is 16.2. The Kier molecular flexibility index (Phi) is 4.98. The van der Waals surface area contributed by atoms with Crippen LogP contribution in [0.15, 0.2) is 47.4 Å². The van der Waals surface area contributed by atoms with E-state index in [0.29, 0.717) is 12.2 Å². The van der Waals surface area contributed by atoms with Gasteiger partial charge in [0.05, 0.1) is 11.5 Å². The first-order chi connectivity index (χ1) is 10.5. The monoisotopic (exact) mass is 318 g/mol. The summed E-state index contributed by atoms with van der Waals surface area (Å²) in [4.78, 5) is 10.9. The van der Waals surface area contributed by atoms with Gasteiger partial charge in [0.1, 0.15) is 12.0 Å². The number of benzene rings is 2. The van der Waals surface area contributed by atoms with Gasteiger partial charge in [-0.15, -0.1) is 0 Å². The minimum absolute atomic E-state index is 0.256. The first-order valence-corrected chi connectivity index (χ1v) is 8.84. The van der Waals surface area contributed by atoms with Gasteiger partial charge in [0.15, 0.2) is 9.84 Å². The molecule has 2 rings (SSSR count). The smallest absolute Gasteiger partial charge is 0.176 e. The Bertz CT molecular complexity index is 762. The Morgan fingerprint density at radius 3 is 2.32 bits per heavy atom. The maximum Gasteiger partial charge on any atom is 0.176 e. The van der Waals surface area contributed by atoms with E-state index in [1.807, 2.05) is 19.1 Å². The number of rotatable bonds is 6. The molecule has 0 radical (unpaired) electrons. The van der Waals surface area contributed by atoms with E-state index in [4.69, 9.17) is 4.74 Å². The number of hydrogen-bond acceptors (Lipinski definition) is 4. The molecule has 0 unspecified atom stereocenters. The molecule has 0 atom stereocenters. The highest BCUT2D eigenvalue weighted by Crippen LogP contribution is 2.30. The minimum Gasteiger partial charge on any atom is -0.494 e. The molecule has 0 aliphatic heterocycles. The molecule has 0 aromatic heterocycles. The van der Waals surface area contributed by atoms with E-state index >= 15 is 0 Å². The highest BCUT2D eigenvalue weighted by molar-refractivity contribution is 7.90. The Morgan fingerprint density at radius 1 is 1.09 bits per heavy atom. The fraction of sp³-hybridized carbons (Fsp3) is 0.235. The largest absolute Gasteiger partial charge is 0.494 e. The van der Waals surface area contributed by atoms with Crippen molar-refractivity contribution in [3.8, 4) is 16.9 Å². The van der Waals surface area contributed by atoms with Crippen LogP contribution in [0.1, 0.15) is 12.5 Å². The zero-order valence-corrected chi connectivity index (χ0v) is 13.4. The lowest BCUT2D eigenvalue weighted by Crippen LogP contribution is -2.01. The maximum absolute atomic E-state index is 12.0. The van der Waals surface area contributed by atoms with Crippen LogP contribution in [0.4, 0.5) is 0 Å². The van der Waals surface area contributed by atoms with E-state index in [0.717, 1.165) is 23.2 Å². The van der Waals surface area contributed by atoms with E-state index in [9.17, 15) is 13.2 Å². The van der Waals surface area contributed by atoms with Crippen molar-refractivity contribution in [2.24, 2.45) is 0 Å². The summed E-state index contributed by atoms with van der Waals surface area (Å²) >= 11 is 0. The predicted octanol–water partition coefficient (Wildman–Crippen LogP) is 2.90. The third-order valence-electron chi connectivity index (χ3n) is 3.24. The van der Waals surface area contributed by atoms with Crippen molar-refractivity contribution in [1.82, 2.24) is 0 Å². The molecule has 116 valence electrons. The van der Waals surface area contributed by atoms with Gasteiger partial charge in [-0.2, -0.15) is 0 Å². The Hall–Kier alpha value is -2.14. The molecule has 4 nitrogen and oxygen atoms in total. The highest BCUT2D eigenvalue weighted by atomic mass is 32.2. The third-order valence-corrected chi connectivity index (χ3v) is 4.39. The molecule has 0 spiro atoms. The lowest BCUT2D eigenvalue weighted by molar-refractivity contribution is -0.107. The van der Waals surface area contributed by atoms with Crippen LogP contribution in [0, 0.1) is 0 Å². The van der Waals surface area contributed by atoms with Gasteiger partial charge in [-0.3, -0.25) is 0 Å². The third kappa shape index (κ3) is 3.74. The lowest BCUT2D eigenvalue weighted by Gasteiger charge is -2.11. The van der Waals surface area contributed by atoms with E-state index < -0.39 is 9.84 Å². The second-order valence-corrected chi connectivity index (χ2v) is 6.92. The van der Waals surface area contributed by atoms with Gasteiger partial charge in [-0.1, -0.05) is 18.2 Å². The lowest BCUT2D eigenvalue weighted by atomic mass is 10.0. The maximum atomic E-state index is 12.0. The zero-order valence-electron chi connectivity index (χ0n) is 12.6. The molecule has 0 aliphatic carbocycles. The van der Waals surface area contributed by atoms with Gasteiger partial charge in [0, 0.05) is 18.2 Å². The van der Waals surface area contributed by atoms with Crippen LogP contribution >= 0.6 is 0 Å². The molecule has 2 aromatic carbocycles. The van der Waals surface area contributed by atoms with E-state index in [-0.39, 0.29) is 11.3 Å². The van der Waals surface area contributed by atoms with Crippen molar-refractivity contribution in [2.75, 3.05) is 12.9 Å². The normalized spacial score (nSPS) is 11.2. The molecular formula is C17H18O4S. The second-order valence-electron chi connectivity index (χ2n) is 4.93. The quantitative estimate of drug-likeness (QED) is 0.768. The summed E-state index contributed by atoms with van der Waals surface area (Å²) in [5.41, 5.74) is 2.16. The van der Waals surface area contributed by atoms with Gasteiger partial charge < -0.3 is 9.53 Å². The van der Waals surface area contributed by atoms with Gasteiger partial charge in [-0.05, 0) is 42.3 Å². The van der Waals surface area contributed by atoms with Crippen LogP contribution in [0.5, 0.6) is 5.75 Å². The van der Waals surface area contributed by atoms with Gasteiger partial charge in [0.2, 0.25) is 0 Å². The average molecular weight is 318 g/mol. The van der Waals surface area contributed by atoms with Crippen LogP contribution in [-0.2, 0) is 21.1 Å². The summed E-state index contributed by atoms with van der Waals surface area (Å²) < 4.78 is 29.3. The molecule has 22 heavy (non-hydrogen) atoms. The summed E-state index contributed by atoms with van der Waals surface area (Å²) in [6.45, 7) is 2.47. The summed E-state index contributed by atoms with van der Waals surface area (Å²) in [5, 5.41) is 0. The number of ether oxygens (including phenoxy) is 1. The minimum atomic E-state index is -3.35. The van der Waals surface area contributed by atoms with Gasteiger partial charge in [0.25, 0.3) is 0 Å². The van der Waals surface area contributed by atoms with Gasteiger partial charge >= 0.3 is 0 Å². The average Bonchev–Trinajstić information content (AvgIpc) is 2.47. The first-order valence-electron chi connectivity index (χ1n) is 6.95. The number of sulfone groups is 1. The van der Waals surface area contributed by atoms with Crippen molar-refractivity contribution in [1.29, 1.82) is 0 Å². The molecular weight excluding hydrogens is 300 g/mol. The van der Waals surface area contributed by atoms with E-state index in [1.54, 1.807) is 30.3 Å². The van der Waals surface area contributed by atoms with Crippen LogP contribution in [0.25, 0.3) is 11.1 Å². The Labute approximate surface area is 130 Å². The molecule has 0 saturated heterocycles. The fourth-order valence-electron chi connectivity index (χ4n) is 2.25. The predicted molar refractivity (Wildman–Crippen MR) is 85.9 cm³/mol. The molecule has 0 bridgehead atoms. The van der Waals surface area contributed by atoms with Crippen molar-refractivity contribution >= 4 is 16.1 Å². The molecule has 0 aliphatic rings. The highest BCUT2D eigenvalue weighted by Gasteiger charge is 2.15. The van der Waals surface area contributed by atoms with Gasteiger partial charge in [-0.25, -0.2) is 8.42 Å². The van der Waals surface area contributed by atoms with Crippen LogP contribution in [-0.4, -0.2) is 27.6 Å². The SMILES string of the molecule is CCOc1ccc(-c2cc(CC=O)ccc2S(C)(=O)=O)cc1. The molecule has 0 saturated carbocycles. The van der Waals surface area contributed by atoms with Crippen molar-refractivity contribution < 1.29 is 17.9 Å². The standard InChI is InChI=1S/C17H18O4S/c1-3-21-15-7-5-14(6-8-15)16-12-13(10-11-18)4-9-17(16)22(2,19)20/h4-9,11-12H,3,10H2,1-2H3. The number of carbonyl (C=O) groups is 1. The molecule has 0 fully saturated rings. The molecule has 0 heterocycles. The molecule has 5 heteroatoms. The van der Waals surface area contributed by atoms with Crippen molar-refractivity contribution in [2.45, 2.75) is 18.2 Å². The number of carbonyl (C=O) groups excluding carboxylic acids is 1. The Morgan fingerprint density at radius 2 is 1.77 bits per heavy atom. The summed E-state index contributed by atoms with van der Waals surface area (Å²) in [6, 6.07) is 12.2. The fourth-order valence-corrected chi connectivity index (χ4v) is 3.14. The summed E-state index contributed by atoms with van der Waals surface area (Å²) in [5.74, 6) is 0.733. The van der Waals surface area contributed by atoms with Crippen molar-refractivity contribution in [3.05, 3.63) is 48.0 Å². The Balaban J connectivity index is 2.54. The summed E-state index contributed by atoms with van der Waals surface area (Å²) in [7, 11) is -3.35. The number of hydrogen-bond donors (Lipinski definition) is 0. The van der Waals surface area contributed by atoms with Crippen molar-refractivity contribution in [3.63, 3.8) is 0 Å². The molecule has 0 N–H and O–H groups in total. The van der Waals surface area contributed by atoms with Crippen LogP contribution in [0.3, 0.4) is 0 Å². The van der Waals surface area contributed by atoms with E-state index in [2.05, 4.69) is 0 Å². The topological polar surface area (TPSA) is 60.4 Å². The van der Waals surface area contributed by atoms with Crippen LogP contribution in [0.2, 0.25) is 0 Å². The van der Waals surface area contributed by atoms with E-state index in [1.165, 1.54) is 6.26 Å². The van der Waals surface area contributed by atoms with Crippen LogP contribution < -0.4 is 4.74 Å². The number of aldehydes is 1. The zero-order chi connectivity index (χ0) is 16.2. The molecule has 2 aromatic rings. The second kappa shape index (κ2) is 6.75. The molecule has 0 amide bonds.